The molecule has 0 bridgehead atoms. The summed E-state index contributed by atoms with van der Waals surface area (Å²) in [6, 6.07) is 6.79. The number of ether oxygens (including phenoxy) is 1. The van der Waals surface area contributed by atoms with Gasteiger partial charge in [0.25, 0.3) is 5.91 Å². The molecule has 10 heteroatoms. The number of rotatable bonds is 7. The zero-order valence-corrected chi connectivity index (χ0v) is 25.2. The Bertz CT molecular complexity index is 1300. The van der Waals surface area contributed by atoms with Crippen LogP contribution in [0.25, 0.3) is 0 Å². The fourth-order valence-corrected chi connectivity index (χ4v) is 9.61. The predicted molar refractivity (Wildman–Crippen MR) is 157 cm³/mol. The number of carbonyl (C=O) groups excluding carboxylic acids is 1. The van der Waals surface area contributed by atoms with Crippen LogP contribution in [0.1, 0.15) is 92.9 Å². The van der Waals surface area contributed by atoms with Crippen LogP contribution < -0.4 is 5.32 Å². The van der Waals surface area contributed by atoms with Gasteiger partial charge in [-0.05, 0) is 81.5 Å². The molecule has 1 N–H and O–H groups in total. The van der Waals surface area contributed by atoms with E-state index in [9.17, 15) is 13.2 Å². The number of benzene rings is 1. The molecule has 1 spiro atoms. The van der Waals surface area contributed by atoms with Crippen molar-refractivity contribution in [2.45, 2.75) is 101 Å². The summed E-state index contributed by atoms with van der Waals surface area (Å²) in [5, 5.41) is 3.66. The first-order chi connectivity index (χ1) is 19.3. The van der Waals surface area contributed by atoms with Crippen LogP contribution in [0.15, 0.2) is 29.2 Å². The molecule has 0 radical (unpaired) electrons. The Morgan fingerprint density at radius 3 is 2.52 bits per heavy atom. The number of aromatic nitrogens is 1. The third-order valence-corrected chi connectivity index (χ3v) is 12.4. The largest absolute Gasteiger partial charge is 0.360 e. The molecule has 6 rings (SSSR count). The Hall–Kier alpha value is -1.85. The van der Waals surface area contributed by atoms with E-state index in [2.05, 4.69) is 17.3 Å². The standard InChI is InChI=1S/C30H42N4O4S2/c1-33-19-13-26-25(21-33)31-29(39-26)32-28(35)27(38-23-12-16-30(20-23)14-4-2-5-15-30)22-8-10-24(11-9-22)40(36,37)34-17-6-3-7-18-34/h8-11,23,27H,2-7,12-21H2,1H3,(H,31,32,35). The lowest BCUT2D eigenvalue weighted by Gasteiger charge is -2.33. The lowest BCUT2D eigenvalue weighted by Crippen LogP contribution is -2.35. The molecule has 4 aliphatic rings. The lowest BCUT2D eigenvalue weighted by atomic mass is 9.73. The van der Waals surface area contributed by atoms with Crippen molar-refractivity contribution in [3.8, 4) is 0 Å². The van der Waals surface area contributed by atoms with Crippen molar-refractivity contribution in [1.82, 2.24) is 14.2 Å². The molecular weight excluding hydrogens is 544 g/mol. The van der Waals surface area contributed by atoms with Gasteiger partial charge in [0.1, 0.15) is 0 Å². The maximum atomic E-state index is 13.8. The van der Waals surface area contributed by atoms with E-state index in [4.69, 9.17) is 9.72 Å². The predicted octanol–water partition coefficient (Wildman–Crippen LogP) is 5.51. The van der Waals surface area contributed by atoms with Gasteiger partial charge in [-0.2, -0.15) is 4.31 Å². The molecule has 2 aliphatic heterocycles. The average molecular weight is 587 g/mol. The van der Waals surface area contributed by atoms with E-state index in [0.29, 0.717) is 29.2 Å². The van der Waals surface area contributed by atoms with Gasteiger partial charge in [-0.25, -0.2) is 13.4 Å². The number of piperidine rings is 1. The van der Waals surface area contributed by atoms with Gasteiger partial charge in [0.05, 0.1) is 16.7 Å². The molecule has 3 heterocycles. The molecule has 2 unspecified atom stereocenters. The van der Waals surface area contributed by atoms with E-state index < -0.39 is 16.1 Å². The number of thiazole rings is 1. The molecule has 2 aliphatic carbocycles. The van der Waals surface area contributed by atoms with Crippen molar-refractivity contribution < 1.29 is 17.9 Å². The monoisotopic (exact) mass is 586 g/mol. The van der Waals surface area contributed by atoms with Crippen LogP contribution in [0.3, 0.4) is 0 Å². The number of carbonyl (C=O) groups is 1. The summed E-state index contributed by atoms with van der Waals surface area (Å²) in [6.07, 6.45) is 12.5. The van der Waals surface area contributed by atoms with Crippen LogP contribution in [0.4, 0.5) is 5.13 Å². The summed E-state index contributed by atoms with van der Waals surface area (Å²) in [5.74, 6) is -0.240. The molecule has 2 atom stereocenters. The third-order valence-electron chi connectivity index (χ3n) is 9.42. The SMILES string of the molecule is CN1CCc2sc(NC(=O)C(OC3CCC4(CCCCC4)C3)c3ccc(S(=O)(=O)N4CCCCC4)cc3)nc2C1. The zero-order chi connectivity index (χ0) is 27.7. The van der Waals surface area contributed by atoms with Crippen molar-refractivity contribution in [2.75, 3.05) is 32.0 Å². The van der Waals surface area contributed by atoms with Crippen LogP contribution in [0, 0.1) is 5.41 Å². The number of hydrogen-bond acceptors (Lipinski definition) is 7. The first-order valence-corrected chi connectivity index (χ1v) is 17.3. The van der Waals surface area contributed by atoms with Crippen molar-refractivity contribution in [3.05, 3.63) is 40.4 Å². The van der Waals surface area contributed by atoms with Crippen LogP contribution in [0.5, 0.6) is 0 Å². The van der Waals surface area contributed by atoms with Crippen molar-refractivity contribution >= 4 is 32.4 Å². The van der Waals surface area contributed by atoms with Crippen LogP contribution >= 0.6 is 11.3 Å². The second-order valence-corrected chi connectivity index (χ2v) is 15.4. The smallest absolute Gasteiger partial charge is 0.259 e. The summed E-state index contributed by atoms with van der Waals surface area (Å²) in [5.41, 5.74) is 2.08. The topological polar surface area (TPSA) is 91.8 Å². The minimum atomic E-state index is -3.54. The van der Waals surface area contributed by atoms with E-state index in [-0.39, 0.29) is 16.9 Å². The number of nitrogens with one attached hydrogen (secondary N) is 1. The second-order valence-electron chi connectivity index (χ2n) is 12.3. The van der Waals surface area contributed by atoms with Gasteiger partial charge >= 0.3 is 0 Å². The first-order valence-electron chi connectivity index (χ1n) is 15.0. The second kappa shape index (κ2) is 11.8. The highest BCUT2D eigenvalue weighted by molar-refractivity contribution is 7.89. The molecule has 2 aromatic rings. The van der Waals surface area contributed by atoms with E-state index >= 15 is 0 Å². The molecule has 8 nitrogen and oxygen atoms in total. The molecule has 40 heavy (non-hydrogen) atoms. The summed E-state index contributed by atoms with van der Waals surface area (Å²) in [6.45, 7) is 2.91. The highest BCUT2D eigenvalue weighted by Gasteiger charge is 2.42. The van der Waals surface area contributed by atoms with Crippen molar-refractivity contribution in [1.29, 1.82) is 0 Å². The Morgan fingerprint density at radius 1 is 1.05 bits per heavy atom. The van der Waals surface area contributed by atoms with Crippen LogP contribution in [0.2, 0.25) is 0 Å². The number of hydrogen-bond donors (Lipinski definition) is 1. The highest BCUT2D eigenvalue weighted by atomic mass is 32.2. The lowest BCUT2D eigenvalue weighted by molar-refractivity contribution is -0.132. The molecule has 218 valence electrons. The number of sulfonamides is 1. The first kappa shape index (κ1) is 28.3. The molecule has 1 aromatic carbocycles. The zero-order valence-electron chi connectivity index (χ0n) is 23.6. The molecule has 3 fully saturated rings. The number of amides is 1. The number of fused-ring (bicyclic) bond motifs is 1. The average Bonchev–Trinajstić information content (AvgIpc) is 3.55. The van der Waals surface area contributed by atoms with Crippen molar-refractivity contribution in [3.63, 3.8) is 0 Å². The number of likely N-dealkylation sites (N-methyl/N-ethyl adjacent to an activating group) is 1. The molecular formula is C30H42N4O4S2. The molecule has 1 amide bonds. The molecule has 1 saturated heterocycles. The Morgan fingerprint density at radius 2 is 1.77 bits per heavy atom. The van der Waals surface area contributed by atoms with Crippen LogP contribution in [-0.4, -0.2) is 61.3 Å². The van der Waals surface area contributed by atoms with Crippen LogP contribution in [-0.2, 0) is 32.5 Å². The van der Waals surface area contributed by atoms with Gasteiger partial charge in [-0.3, -0.25) is 10.1 Å². The van der Waals surface area contributed by atoms with Crippen molar-refractivity contribution in [2.24, 2.45) is 5.41 Å². The van der Waals surface area contributed by atoms with E-state index in [1.165, 1.54) is 37.0 Å². The number of nitrogens with zero attached hydrogens (tertiary/aromatic N) is 3. The van der Waals surface area contributed by atoms with E-state index in [1.54, 1.807) is 39.9 Å². The van der Waals surface area contributed by atoms with Gasteiger partial charge in [0, 0.05) is 31.1 Å². The fourth-order valence-electron chi connectivity index (χ4n) is 7.13. The normalized spacial score (nSPS) is 24.6. The summed E-state index contributed by atoms with van der Waals surface area (Å²) in [4.78, 5) is 22.2. The number of anilines is 1. The molecule has 1 aromatic heterocycles. The Kier molecular flexibility index (Phi) is 8.34. The summed E-state index contributed by atoms with van der Waals surface area (Å²) >= 11 is 1.55. The third kappa shape index (κ3) is 6.02. The van der Waals surface area contributed by atoms with Gasteiger partial charge in [0.15, 0.2) is 11.2 Å². The van der Waals surface area contributed by atoms with Gasteiger partial charge in [0.2, 0.25) is 10.0 Å². The Labute approximate surface area is 242 Å². The fraction of sp³-hybridized carbons (Fsp3) is 0.667. The minimum absolute atomic E-state index is 0.0174. The van der Waals surface area contributed by atoms with E-state index in [1.807, 2.05) is 0 Å². The quantitative estimate of drug-likeness (QED) is 0.460. The maximum absolute atomic E-state index is 13.8. The summed E-state index contributed by atoms with van der Waals surface area (Å²) in [7, 11) is -1.46. The highest BCUT2D eigenvalue weighted by Crippen LogP contribution is 2.50. The maximum Gasteiger partial charge on any atom is 0.259 e. The minimum Gasteiger partial charge on any atom is -0.360 e. The van der Waals surface area contributed by atoms with E-state index in [0.717, 1.165) is 63.7 Å². The molecule has 2 saturated carbocycles. The van der Waals surface area contributed by atoms with Gasteiger partial charge in [-0.15, -0.1) is 11.3 Å². The Balaban J connectivity index is 1.22. The van der Waals surface area contributed by atoms with Gasteiger partial charge in [-0.1, -0.05) is 37.8 Å². The van der Waals surface area contributed by atoms with Gasteiger partial charge < -0.3 is 9.64 Å². The summed E-state index contributed by atoms with van der Waals surface area (Å²) < 4.78 is 34.6.